The zero-order valence-electron chi connectivity index (χ0n) is 22.6. The predicted molar refractivity (Wildman–Crippen MR) is 169 cm³/mol. The summed E-state index contributed by atoms with van der Waals surface area (Å²) in [7, 11) is -3.48. The summed E-state index contributed by atoms with van der Waals surface area (Å²) in [6.07, 6.45) is 6.67. The zero-order chi connectivity index (χ0) is 27.2. The van der Waals surface area contributed by atoms with Crippen LogP contribution in [0.2, 0.25) is 0 Å². The second-order valence-corrected chi connectivity index (χ2v) is 12.9. The van der Waals surface area contributed by atoms with Crippen LogP contribution in [0.3, 0.4) is 0 Å². The van der Waals surface area contributed by atoms with Crippen molar-refractivity contribution in [1.29, 1.82) is 0 Å². The molecule has 4 atom stereocenters. The van der Waals surface area contributed by atoms with Crippen LogP contribution in [0.25, 0.3) is 22.0 Å². The van der Waals surface area contributed by atoms with Crippen LogP contribution in [-0.4, -0.2) is 65.3 Å². The van der Waals surface area contributed by atoms with E-state index >= 15 is 0 Å². The highest BCUT2D eigenvalue weighted by atomic mass is 35.5. The molecule has 3 heterocycles. The van der Waals surface area contributed by atoms with E-state index in [1.807, 2.05) is 42.5 Å². The first-order chi connectivity index (χ1) is 18.8. The average molecular weight is 656 g/mol. The van der Waals surface area contributed by atoms with E-state index in [-0.39, 0.29) is 55.2 Å². The van der Waals surface area contributed by atoms with Gasteiger partial charge in [-0.15, -0.1) is 43.8 Å². The van der Waals surface area contributed by atoms with Crippen molar-refractivity contribution < 1.29 is 22.7 Å². The predicted octanol–water partition coefficient (Wildman–Crippen LogP) is 3.88. The molecule has 0 unspecified atom stereocenters. The van der Waals surface area contributed by atoms with Crippen LogP contribution in [0.5, 0.6) is 5.88 Å². The van der Waals surface area contributed by atoms with Gasteiger partial charge in [0, 0.05) is 42.2 Å². The molecule has 13 heteroatoms. The SMILES string of the molecule is C=C[C@@H]1C[C@]1(NC(=O)[C@@H]1C[C@@H](Oc2nc(-c3ccncc3)cc3ccccc23)CN1)C(=O)CS(=O)(=O)C1CC1.Cl.Cl.Cl. The molecule has 1 aliphatic heterocycles. The molecule has 2 N–H and O–H groups in total. The van der Waals surface area contributed by atoms with Crippen LogP contribution < -0.4 is 15.4 Å². The number of nitrogens with zero attached hydrogens (tertiary/aromatic N) is 2. The van der Waals surface area contributed by atoms with E-state index in [0.717, 1.165) is 22.0 Å². The van der Waals surface area contributed by atoms with Crippen LogP contribution in [0.4, 0.5) is 0 Å². The molecular formula is C29H33Cl3N4O5S. The Morgan fingerprint density at radius 1 is 1.12 bits per heavy atom. The summed E-state index contributed by atoms with van der Waals surface area (Å²) in [6, 6.07) is 13.0. The first kappa shape index (κ1) is 33.7. The van der Waals surface area contributed by atoms with Gasteiger partial charge < -0.3 is 15.4 Å². The number of halogens is 3. The third kappa shape index (κ3) is 6.73. The number of aromatic nitrogens is 2. The van der Waals surface area contributed by atoms with Crippen molar-refractivity contribution in [2.24, 2.45) is 5.92 Å². The summed E-state index contributed by atoms with van der Waals surface area (Å²) in [4.78, 5) is 35.2. The number of hydrogen-bond acceptors (Lipinski definition) is 8. The third-order valence-electron chi connectivity index (χ3n) is 7.87. The molecule has 0 spiro atoms. The molecule has 3 aliphatic rings. The lowest BCUT2D eigenvalue weighted by atomic mass is 10.1. The van der Waals surface area contributed by atoms with Crippen molar-refractivity contribution in [2.75, 3.05) is 12.3 Å². The van der Waals surface area contributed by atoms with Gasteiger partial charge in [-0.25, -0.2) is 13.4 Å². The summed E-state index contributed by atoms with van der Waals surface area (Å²) in [6.45, 7) is 4.19. The smallest absolute Gasteiger partial charge is 0.238 e. The summed E-state index contributed by atoms with van der Waals surface area (Å²) in [5.41, 5.74) is 0.484. The molecule has 9 nitrogen and oxygen atoms in total. The van der Waals surface area contributed by atoms with Crippen molar-refractivity contribution in [3.05, 3.63) is 67.5 Å². The number of amides is 1. The number of hydrogen-bond donors (Lipinski definition) is 2. The van der Waals surface area contributed by atoms with Gasteiger partial charge in [-0.1, -0.05) is 24.3 Å². The van der Waals surface area contributed by atoms with Crippen LogP contribution >= 0.6 is 37.2 Å². The lowest BCUT2D eigenvalue weighted by Gasteiger charge is -2.20. The number of ketones is 1. The van der Waals surface area contributed by atoms with Gasteiger partial charge in [-0.05, 0) is 48.9 Å². The largest absolute Gasteiger partial charge is 0.472 e. The highest BCUT2D eigenvalue weighted by molar-refractivity contribution is 7.93. The number of ether oxygens (including phenoxy) is 1. The van der Waals surface area contributed by atoms with E-state index in [1.54, 1.807) is 18.5 Å². The quantitative estimate of drug-likeness (QED) is 0.315. The van der Waals surface area contributed by atoms with Crippen LogP contribution in [-0.2, 0) is 19.4 Å². The second kappa shape index (κ2) is 13.3. The molecule has 1 aromatic carbocycles. The number of carbonyl (C=O) groups is 2. The van der Waals surface area contributed by atoms with Crippen LogP contribution in [0.1, 0.15) is 25.7 Å². The molecular weight excluding hydrogens is 623 g/mol. The van der Waals surface area contributed by atoms with E-state index in [9.17, 15) is 18.0 Å². The van der Waals surface area contributed by atoms with Gasteiger partial charge in [0.25, 0.3) is 0 Å². The highest BCUT2D eigenvalue weighted by Gasteiger charge is 2.60. The van der Waals surface area contributed by atoms with Gasteiger partial charge in [0.05, 0.1) is 17.0 Å². The number of Topliss-reactive ketones (excluding diaryl/α,β-unsaturated/α-hetero) is 1. The Morgan fingerprint density at radius 3 is 2.50 bits per heavy atom. The number of fused-ring (bicyclic) bond motifs is 1. The van der Waals surface area contributed by atoms with E-state index in [0.29, 0.717) is 38.1 Å². The Labute approximate surface area is 263 Å². The Kier molecular flexibility index (Phi) is 10.7. The molecule has 2 aromatic heterocycles. The number of pyridine rings is 2. The summed E-state index contributed by atoms with van der Waals surface area (Å²) in [5, 5.41) is 7.50. The third-order valence-corrected chi connectivity index (χ3v) is 10.0. The second-order valence-electron chi connectivity index (χ2n) is 10.6. The Bertz CT molecular complexity index is 1570. The van der Waals surface area contributed by atoms with Gasteiger partial charge in [-0.3, -0.25) is 14.6 Å². The minimum atomic E-state index is -3.48. The summed E-state index contributed by atoms with van der Waals surface area (Å²) >= 11 is 0. The van der Waals surface area contributed by atoms with E-state index in [2.05, 4.69) is 22.2 Å². The number of carbonyl (C=O) groups excluding carboxylic acids is 2. The molecule has 1 amide bonds. The van der Waals surface area contributed by atoms with Gasteiger partial charge in [0.2, 0.25) is 11.8 Å². The molecule has 0 bridgehead atoms. The molecule has 2 aliphatic carbocycles. The molecule has 226 valence electrons. The average Bonchev–Trinajstić information content (AvgIpc) is 3.86. The number of nitrogens with one attached hydrogen (secondary N) is 2. The molecule has 6 rings (SSSR count). The van der Waals surface area contributed by atoms with Gasteiger partial charge in [0.15, 0.2) is 15.6 Å². The molecule has 1 saturated heterocycles. The molecule has 0 radical (unpaired) electrons. The summed E-state index contributed by atoms with van der Waals surface area (Å²) in [5.74, 6) is -1.13. The van der Waals surface area contributed by atoms with Crippen molar-refractivity contribution in [2.45, 2.75) is 48.6 Å². The Hall–Kier alpha value is -2.76. The number of benzene rings is 1. The number of sulfone groups is 1. The fraction of sp³-hybridized carbons (Fsp3) is 0.379. The van der Waals surface area contributed by atoms with Crippen molar-refractivity contribution in [3.63, 3.8) is 0 Å². The topological polar surface area (TPSA) is 127 Å². The number of rotatable bonds is 10. The van der Waals surface area contributed by atoms with Crippen LogP contribution in [0.15, 0.2) is 67.5 Å². The van der Waals surface area contributed by atoms with Crippen molar-refractivity contribution in [3.8, 4) is 17.1 Å². The monoisotopic (exact) mass is 654 g/mol. The Balaban J connectivity index is 0.00000161. The van der Waals surface area contributed by atoms with E-state index in [1.165, 1.54) is 0 Å². The first-order valence-corrected chi connectivity index (χ1v) is 14.9. The maximum atomic E-state index is 13.2. The lowest BCUT2D eigenvalue weighted by Crippen LogP contribution is -2.52. The van der Waals surface area contributed by atoms with Crippen LogP contribution in [0, 0.1) is 5.92 Å². The molecule has 2 saturated carbocycles. The zero-order valence-corrected chi connectivity index (χ0v) is 25.9. The highest BCUT2D eigenvalue weighted by Crippen LogP contribution is 2.46. The van der Waals surface area contributed by atoms with E-state index < -0.39 is 38.2 Å². The Morgan fingerprint density at radius 2 is 1.83 bits per heavy atom. The minimum absolute atomic E-state index is 0. The maximum Gasteiger partial charge on any atom is 0.238 e. The standard InChI is InChI=1S/C29H30N4O5S.3ClH/c1-2-20-15-29(20,26(34)17-39(36,37)22-7-8-22)33-27(35)25-14-21(16-31-25)38-28-23-6-4-3-5-19(23)13-24(32-28)18-9-11-30-12-10-18;;;/h2-6,9-13,20-22,25,31H,1,7-8,14-17H2,(H,33,35);3*1H/t20-,21-,25+,29-;;;/m1.../s1. The van der Waals surface area contributed by atoms with Gasteiger partial charge in [-0.2, -0.15) is 0 Å². The molecule has 42 heavy (non-hydrogen) atoms. The fourth-order valence-electron chi connectivity index (χ4n) is 5.35. The normalized spacial score (nSPS) is 24.3. The van der Waals surface area contributed by atoms with Crippen molar-refractivity contribution >= 4 is 69.5 Å². The molecule has 3 aromatic rings. The molecule has 3 fully saturated rings. The maximum absolute atomic E-state index is 13.2. The van der Waals surface area contributed by atoms with E-state index in [4.69, 9.17) is 9.72 Å². The summed E-state index contributed by atoms with van der Waals surface area (Å²) < 4.78 is 31.2. The fourth-order valence-corrected chi connectivity index (χ4v) is 7.06. The first-order valence-electron chi connectivity index (χ1n) is 13.2. The lowest BCUT2D eigenvalue weighted by molar-refractivity contribution is -0.129. The van der Waals surface area contributed by atoms with Gasteiger partial charge in [0.1, 0.15) is 17.4 Å². The van der Waals surface area contributed by atoms with Crippen molar-refractivity contribution in [1.82, 2.24) is 20.6 Å². The van der Waals surface area contributed by atoms with Gasteiger partial charge >= 0.3 is 0 Å². The minimum Gasteiger partial charge on any atom is -0.472 e.